The normalized spacial score (nSPS) is 16.5. The molecule has 0 saturated heterocycles. The zero-order valence-corrected chi connectivity index (χ0v) is 15.2. The number of hydrogen-bond donors (Lipinski definition) is 1. The first kappa shape index (κ1) is 16.9. The monoisotopic (exact) mass is 345 g/mol. The quantitative estimate of drug-likeness (QED) is 0.922. The Balaban J connectivity index is 1.58. The van der Waals surface area contributed by atoms with Crippen molar-refractivity contribution >= 4 is 17.8 Å². The first-order chi connectivity index (χ1) is 11.6. The van der Waals surface area contributed by atoms with E-state index in [0.29, 0.717) is 18.3 Å². The Morgan fingerprint density at radius 1 is 1.42 bits per heavy atom. The van der Waals surface area contributed by atoms with Crippen LogP contribution in [0.4, 0.5) is 4.79 Å². The second-order valence-electron chi connectivity index (χ2n) is 6.15. The van der Waals surface area contributed by atoms with Crippen LogP contribution in [-0.2, 0) is 13.0 Å². The van der Waals surface area contributed by atoms with E-state index in [1.165, 1.54) is 11.1 Å². The molecule has 6 heteroatoms. The highest BCUT2D eigenvalue weighted by Gasteiger charge is 2.22. The summed E-state index contributed by atoms with van der Waals surface area (Å²) in [5, 5.41) is 7.32. The number of rotatable bonds is 4. The van der Waals surface area contributed by atoms with Crippen molar-refractivity contribution in [1.82, 2.24) is 15.4 Å². The number of aromatic nitrogens is 1. The second kappa shape index (κ2) is 7.30. The van der Waals surface area contributed by atoms with Crippen LogP contribution in [0.2, 0.25) is 0 Å². The van der Waals surface area contributed by atoms with Gasteiger partial charge in [-0.25, -0.2) is 4.79 Å². The number of hydrogen-bond acceptors (Lipinski definition) is 4. The van der Waals surface area contributed by atoms with Gasteiger partial charge in [0.1, 0.15) is 5.76 Å². The highest BCUT2D eigenvalue weighted by Crippen LogP contribution is 2.35. The van der Waals surface area contributed by atoms with Crippen molar-refractivity contribution < 1.29 is 9.32 Å². The molecule has 0 fully saturated rings. The van der Waals surface area contributed by atoms with Gasteiger partial charge in [-0.3, -0.25) is 0 Å². The molecule has 0 saturated carbocycles. The molecule has 1 N–H and O–H groups in total. The van der Waals surface area contributed by atoms with Gasteiger partial charge in [0.15, 0.2) is 0 Å². The van der Waals surface area contributed by atoms with Crippen LogP contribution in [0.15, 0.2) is 28.8 Å². The Labute approximate surface area is 146 Å². The maximum atomic E-state index is 12.4. The lowest BCUT2D eigenvalue weighted by Crippen LogP contribution is -2.39. The topological polar surface area (TPSA) is 58.4 Å². The van der Waals surface area contributed by atoms with E-state index >= 15 is 0 Å². The molecule has 2 aromatic rings. The lowest BCUT2D eigenvalue weighted by Gasteiger charge is -2.26. The van der Waals surface area contributed by atoms with Crippen LogP contribution in [-0.4, -0.2) is 35.4 Å². The van der Waals surface area contributed by atoms with E-state index in [1.807, 2.05) is 25.6 Å². The molecule has 0 spiro atoms. The number of aryl methyl sites for hydroxylation is 3. The van der Waals surface area contributed by atoms with Crippen LogP contribution in [0.1, 0.15) is 33.4 Å². The molecule has 3 rings (SSSR count). The third-order valence-corrected chi connectivity index (χ3v) is 5.72. The molecular formula is C18H23N3O2S. The van der Waals surface area contributed by atoms with Gasteiger partial charge in [-0.1, -0.05) is 29.4 Å². The average Bonchev–Trinajstić information content (AvgIpc) is 2.91. The fourth-order valence-corrected chi connectivity index (χ4v) is 4.23. The van der Waals surface area contributed by atoms with Crippen molar-refractivity contribution in [3.05, 3.63) is 52.4 Å². The molecule has 5 nitrogen and oxygen atoms in total. The molecule has 1 aromatic heterocycles. The number of urea groups is 1. The molecule has 1 atom stereocenters. The molecule has 1 aliphatic rings. The van der Waals surface area contributed by atoms with Crippen LogP contribution in [0.25, 0.3) is 0 Å². The zero-order chi connectivity index (χ0) is 17.1. The summed E-state index contributed by atoms with van der Waals surface area (Å²) in [5.74, 6) is 1.87. The van der Waals surface area contributed by atoms with E-state index in [1.54, 1.807) is 11.9 Å². The van der Waals surface area contributed by atoms with Crippen LogP contribution < -0.4 is 5.32 Å². The third kappa shape index (κ3) is 3.59. The van der Waals surface area contributed by atoms with Gasteiger partial charge in [0.25, 0.3) is 0 Å². The smallest absolute Gasteiger partial charge is 0.317 e. The summed E-state index contributed by atoms with van der Waals surface area (Å²) in [6.45, 7) is 4.91. The van der Waals surface area contributed by atoms with Crippen molar-refractivity contribution in [2.45, 2.75) is 32.1 Å². The fourth-order valence-electron chi connectivity index (χ4n) is 3.00. The average molecular weight is 345 g/mol. The Hall–Kier alpha value is -1.95. The minimum Gasteiger partial charge on any atom is -0.361 e. The minimum atomic E-state index is -0.0707. The number of thioether (sulfide) groups is 1. The van der Waals surface area contributed by atoms with Crippen molar-refractivity contribution in [3.63, 3.8) is 0 Å². The van der Waals surface area contributed by atoms with Crippen LogP contribution in [0, 0.1) is 13.8 Å². The van der Waals surface area contributed by atoms with Crippen molar-refractivity contribution in [1.29, 1.82) is 0 Å². The number of amides is 2. The standard InChI is InChI=1S/C18H23N3O2S/c1-12-16(13(2)23-20-12)11-21(3)18(22)19-10-17-15-7-5-4-6-14(15)8-9-24-17/h4-7,17H,8-11H2,1-3H3,(H,19,22)/t17-/m1/s1. The number of carbonyl (C=O) groups is 1. The van der Waals surface area contributed by atoms with Gasteiger partial charge in [0.05, 0.1) is 12.2 Å². The van der Waals surface area contributed by atoms with Gasteiger partial charge in [-0.15, -0.1) is 0 Å². The Morgan fingerprint density at radius 2 is 2.21 bits per heavy atom. The SMILES string of the molecule is Cc1noc(C)c1CN(C)C(=O)NC[C@H]1SCCc2ccccc21. The molecule has 0 bridgehead atoms. The number of fused-ring (bicyclic) bond motifs is 1. The number of nitrogens with one attached hydrogen (secondary N) is 1. The zero-order valence-electron chi connectivity index (χ0n) is 14.3. The maximum absolute atomic E-state index is 12.4. The first-order valence-corrected chi connectivity index (χ1v) is 9.21. The van der Waals surface area contributed by atoms with Crippen LogP contribution in [0.3, 0.4) is 0 Å². The van der Waals surface area contributed by atoms with Gasteiger partial charge in [-0.05, 0) is 37.1 Å². The summed E-state index contributed by atoms with van der Waals surface area (Å²) in [6.07, 6.45) is 1.11. The first-order valence-electron chi connectivity index (χ1n) is 8.16. The van der Waals surface area contributed by atoms with E-state index in [0.717, 1.165) is 29.2 Å². The molecule has 0 aliphatic carbocycles. The summed E-state index contributed by atoms with van der Waals surface area (Å²) in [5.41, 5.74) is 4.57. The number of nitrogens with zero attached hydrogens (tertiary/aromatic N) is 2. The molecule has 2 amide bonds. The highest BCUT2D eigenvalue weighted by atomic mass is 32.2. The molecule has 1 aliphatic heterocycles. The maximum Gasteiger partial charge on any atom is 0.317 e. The molecule has 0 radical (unpaired) electrons. The van der Waals surface area contributed by atoms with Gasteiger partial charge < -0.3 is 14.7 Å². The summed E-state index contributed by atoms with van der Waals surface area (Å²) in [7, 11) is 1.79. The molecule has 128 valence electrons. The fraction of sp³-hybridized carbons (Fsp3) is 0.444. The summed E-state index contributed by atoms with van der Waals surface area (Å²) in [6, 6.07) is 8.45. The molecule has 0 unspecified atom stereocenters. The van der Waals surface area contributed by atoms with E-state index < -0.39 is 0 Å². The minimum absolute atomic E-state index is 0.0707. The summed E-state index contributed by atoms with van der Waals surface area (Å²) >= 11 is 1.91. The Morgan fingerprint density at radius 3 is 2.96 bits per heavy atom. The highest BCUT2D eigenvalue weighted by molar-refractivity contribution is 7.99. The molecule has 1 aromatic carbocycles. The third-order valence-electron chi connectivity index (χ3n) is 4.45. The van der Waals surface area contributed by atoms with Gasteiger partial charge in [-0.2, -0.15) is 11.8 Å². The van der Waals surface area contributed by atoms with Gasteiger partial charge in [0.2, 0.25) is 0 Å². The van der Waals surface area contributed by atoms with E-state index in [2.05, 4.69) is 34.7 Å². The lowest BCUT2D eigenvalue weighted by atomic mass is 10.0. The molecular weight excluding hydrogens is 322 g/mol. The van der Waals surface area contributed by atoms with Crippen molar-refractivity contribution in [3.8, 4) is 0 Å². The molecule has 24 heavy (non-hydrogen) atoms. The summed E-state index contributed by atoms with van der Waals surface area (Å²) in [4.78, 5) is 14.1. The van der Waals surface area contributed by atoms with Gasteiger partial charge in [0, 0.05) is 24.4 Å². The van der Waals surface area contributed by atoms with Crippen LogP contribution >= 0.6 is 11.8 Å². The second-order valence-corrected chi connectivity index (χ2v) is 7.46. The van der Waals surface area contributed by atoms with Crippen molar-refractivity contribution in [2.24, 2.45) is 0 Å². The Kier molecular flexibility index (Phi) is 5.14. The van der Waals surface area contributed by atoms with E-state index in [4.69, 9.17) is 4.52 Å². The van der Waals surface area contributed by atoms with E-state index in [9.17, 15) is 4.79 Å². The Bertz CT molecular complexity index is 709. The largest absolute Gasteiger partial charge is 0.361 e. The van der Waals surface area contributed by atoms with Crippen molar-refractivity contribution in [2.75, 3.05) is 19.3 Å². The summed E-state index contributed by atoms with van der Waals surface area (Å²) < 4.78 is 5.16. The lowest BCUT2D eigenvalue weighted by molar-refractivity contribution is 0.206. The predicted molar refractivity (Wildman–Crippen MR) is 96.2 cm³/mol. The van der Waals surface area contributed by atoms with Crippen LogP contribution in [0.5, 0.6) is 0 Å². The number of benzene rings is 1. The molecule has 2 heterocycles. The van der Waals surface area contributed by atoms with E-state index in [-0.39, 0.29) is 6.03 Å². The number of carbonyl (C=O) groups excluding carboxylic acids is 1. The van der Waals surface area contributed by atoms with Gasteiger partial charge >= 0.3 is 6.03 Å². The predicted octanol–water partition coefficient (Wildman–Crippen LogP) is 3.46.